The minimum atomic E-state index is -0.226. The highest BCUT2D eigenvalue weighted by molar-refractivity contribution is 7.98. The number of ether oxygens (including phenoxy) is 1. The van der Waals surface area contributed by atoms with Crippen LogP contribution in [0.4, 0.5) is 4.79 Å². The summed E-state index contributed by atoms with van der Waals surface area (Å²) in [5, 5.41) is 13.4. The molecule has 0 atom stereocenters. The Balaban J connectivity index is 1.45. The van der Waals surface area contributed by atoms with Gasteiger partial charge in [0.1, 0.15) is 5.82 Å². The lowest BCUT2D eigenvalue weighted by Crippen LogP contribution is -2.54. The fourth-order valence-electron chi connectivity index (χ4n) is 4.24. The number of thioether (sulfide) groups is 1. The van der Waals surface area contributed by atoms with E-state index in [1.807, 2.05) is 14.0 Å². The molecule has 0 radical (unpaired) electrons. The number of carbonyl (C=O) groups is 1. The molecule has 0 bridgehead atoms. The molecule has 1 aliphatic carbocycles. The van der Waals surface area contributed by atoms with Crippen LogP contribution in [0.15, 0.2) is 10.1 Å². The number of guanidine groups is 1. The molecular weight excluding hydrogens is 402 g/mol. The maximum atomic E-state index is 11.9. The molecule has 0 unspecified atom stereocenters. The first kappa shape index (κ1) is 22.7. The van der Waals surface area contributed by atoms with E-state index in [1.165, 1.54) is 25.7 Å². The van der Waals surface area contributed by atoms with Gasteiger partial charge in [-0.1, -0.05) is 24.6 Å². The first-order valence-corrected chi connectivity index (χ1v) is 12.3. The Morgan fingerprint density at radius 3 is 2.53 bits per heavy atom. The van der Waals surface area contributed by atoms with Crippen LogP contribution >= 0.6 is 11.8 Å². The van der Waals surface area contributed by atoms with Crippen LogP contribution in [-0.4, -0.2) is 89.3 Å². The van der Waals surface area contributed by atoms with Gasteiger partial charge in [-0.15, -0.1) is 10.2 Å². The van der Waals surface area contributed by atoms with E-state index in [0.717, 1.165) is 49.4 Å². The fourth-order valence-corrected chi connectivity index (χ4v) is 4.81. The Morgan fingerprint density at radius 1 is 1.20 bits per heavy atom. The molecule has 10 heteroatoms. The second kappa shape index (κ2) is 11.4. The minimum Gasteiger partial charge on any atom is -0.450 e. The van der Waals surface area contributed by atoms with Crippen molar-refractivity contribution >= 4 is 23.8 Å². The van der Waals surface area contributed by atoms with Gasteiger partial charge in [0.05, 0.1) is 6.61 Å². The van der Waals surface area contributed by atoms with E-state index >= 15 is 0 Å². The molecule has 2 aliphatic rings. The highest BCUT2D eigenvalue weighted by Gasteiger charge is 2.25. The molecule has 0 aromatic carbocycles. The van der Waals surface area contributed by atoms with Gasteiger partial charge < -0.3 is 24.4 Å². The summed E-state index contributed by atoms with van der Waals surface area (Å²) in [6, 6.07) is 0.564. The van der Waals surface area contributed by atoms with Gasteiger partial charge in [0.15, 0.2) is 11.1 Å². The SMILES string of the molecule is CCOC(=O)N1CCN(C(=NC)NCCCc2nnc(SC)n2C2CCCC2)CC1. The Hall–Kier alpha value is -1.97. The molecule has 2 fully saturated rings. The molecule has 1 aromatic rings. The largest absolute Gasteiger partial charge is 0.450 e. The summed E-state index contributed by atoms with van der Waals surface area (Å²) < 4.78 is 7.47. The van der Waals surface area contributed by atoms with Crippen molar-refractivity contribution in [2.75, 3.05) is 52.6 Å². The number of nitrogens with zero attached hydrogens (tertiary/aromatic N) is 6. The van der Waals surface area contributed by atoms with Gasteiger partial charge in [-0.2, -0.15) is 0 Å². The first-order valence-electron chi connectivity index (χ1n) is 11.0. The molecule has 1 amide bonds. The van der Waals surface area contributed by atoms with Crippen LogP contribution in [0.25, 0.3) is 0 Å². The molecule has 9 nitrogen and oxygen atoms in total. The highest BCUT2D eigenvalue weighted by atomic mass is 32.2. The summed E-state index contributed by atoms with van der Waals surface area (Å²) in [7, 11) is 1.81. The van der Waals surface area contributed by atoms with Crippen molar-refractivity contribution in [2.24, 2.45) is 4.99 Å². The average Bonchev–Trinajstić information content (AvgIpc) is 3.43. The van der Waals surface area contributed by atoms with Crippen molar-refractivity contribution in [3.8, 4) is 0 Å². The van der Waals surface area contributed by atoms with Crippen molar-refractivity contribution in [1.29, 1.82) is 0 Å². The second-order valence-electron chi connectivity index (χ2n) is 7.66. The number of nitrogens with one attached hydrogen (secondary N) is 1. The van der Waals surface area contributed by atoms with Gasteiger partial charge in [0.2, 0.25) is 0 Å². The molecule has 3 rings (SSSR count). The maximum absolute atomic E-state index is 11.9. The lowest BCUT2D eigenvalue weighted by molar-refractivity contribution is 0.0914. The number of aromatic nitrogens is 3. The van der Waals surface area contributed by atoms with Crippen LogP contribution in [0.1, 0.15) is 50.9 Å². The van der Waals surface area contributed by atoms with E-state index in [0.29, 0.717) is 25.7 Å². The molecule has 1 aliphatic heterocycles. The summed E-state index contributed by atoms with van der Waals surface area (Å²) in [6.45, 7) is 5.89. The highest BCUT2D eigenvalue weighted by Crippen LogP contribution is 2.33. The van der Waals surface area contributed by atoms with E-state index < -0.39 is 0 Å². The molecule has 168 valence electrons. The zero-order chi connectivity index (χ0) is 21.3. The fraction of sp³-hybridized carbons (Fsp3) is 0.800. The number of piperazine rings is 1. The van der Waals surface area contributed by atoms with Crippen LogP contribution in [0.5, 0.6) is 0 Å². The quantitative estimate of drug-likeness (QED) is 0.303. The van der Waals surface area contributed by atoms with Crippen LogP contribution < -0.4 is 5.32 Å². The lowest BCUT2D eigenvalue weighted by Gasteiger charge is -2.35. The Bertz CT molecular complexity index is 710. The summed E-state index contributed by atoms with van der Waals surface area (Å²) in [4.78, 5) is 20.2. The molecule has 1 N–H and O–H groups in total. The molecule has 1 saturated carbocycles. The zero-order valence-electron chi connectivity index (χ0n) is 18.5. The van der Waals surface area contributed by atoms with Crippen molar-refractivity contribution in [2.45, 2.75) is 56.6 Å². The van der Waals surface area contributed by atoms with E-state index in [2.05, 4.69) is 36.2 Å². The van der Waals surface area contributed by atoms with Gasteiger partial charge in [-0.25, -0.2) is 4.79 Å². The molecule has 30 heavy (non-hydrogen) atoms. The van der Waals surface area contributed by atoms with Gasteiger partial charge in [0.25, 0.3) is 0 Å². The predicted molar refractivity (Wildman–Crippen MR) is 119 cm³/mol. The normalized spacial score (nSPS) is 18.2. The standard InChI is InChI=1S/C20H35N7O2S/c1-4-29-20(28)26-14-12-25(13-15-26)18(21-2)22-11-7-10-17-23-24-19(30-3)27(17)16-8-5-6-9-16/h16H,4-15H2,1-3H3,(H,21,22). The molecule has 1 saturated heterocycles. The van der Waals surface area contributed by atoms with E-state index in [9.17, 15) is 4.79 Å². The topological polar surface area (TPSA) is 87.9 Å². The monoisotopic (exact) mass is 437 g/mol. The van der Waals surface area contributed by atoms with Crippen molar-refractivity contribution in [3.05, 3.63) is 5.82 Å². The van der Waals surface area contributed by atoms with E-state index in [-0.39, 0.29) is 6.09 Å². The third kappa shape index (κ3) is 5.59. The number of hydrogen-bond acceptors (Lipinski definition) is 6. The summed E-state index contributed by atoms with van der Waals surface area (Å²) >= 11 is 1.69. The number of aliphatic imine (C=N–C) groups is 1. The molecule has 0 spiro atoms. The van der Waals surface area contributed by atoms with Crippen LogP contribution in [0, 0.1) is 0 Å². The lowest BCUT2D eigenvalue weighted by atomic mass is 10.2. The zero-order valence-corrected chi connectivity index (χ0v) is 19.3. The number of amides is 1. The van der Waals surface area contributed by atoms with Crippen molar-refractivity contribution < 1.29 is 9.53 Å². The van der Waals surface area contributed by atoms with Crippen molar-refractivity contribution in [3.63, 3.8) is 0 Å². The number of carbonyl (C=O) groups excluding carboxylic acids is 1. The molecule has 2 heterocycles. The number of rotatable bonds is 7. The maximum Gasteiger partial charge on any atom is 0.409 e. The number of hydrogen-bond donors (Lipinski definition) is 1. The first-order chi connectivity index (χ1) is 14.7. The summed E-state index contributed by atoms with van der Waals surface area (Å²) in [6.07, 6.45) is 8.81. The third-order valence-corrected chi connectivity index (χ3v) is 6.43. The van der Waals surface area contributed by atoms with E-state index in [4.69, 9.17) is 4.74 Å². The molecular formula is C20H35N7O2S. The average molecular weight is 438 g/mol. The van der Waals surface area contributed by atoms with E-state index in [1.54, 1.807) is 16.7 Å². The van der Waals surface area contributed by atoms with Crippen LogP contribution in [-0.2, 0) is 11.2 Å². The smallest absolute Gasteiger partial charge is 0.409 e. The Labute approximate surface area is 183 Å². The van der Waals surface area contributed by atoms with Gasteiger partial charge in [0, 0.05) is 52.2 Å². The summed E-state index contributed by atoms with van der Waals surface area (Å²) in [5.41, 5.74) is 0. The predicted octanol–water partition coefficient (Wildman–Crippen LogP) is 2.40. The Morgan fingerprint density at radius 2 is 1.90 bits per heavy atom. The van der Waals surface area contributed by atoms with Crippen LogP contribution in [0.3, 0.4) is 0 Å². The third-order valence-electron chi connectivity index (χ3n) is 5.78. The van der Waals surface area contributed by atoms with Gasteiger partial charge >= 0.3 is 6.09 Å². The van der Waals surface area contributed by atoms with Crippen LogP contribution in [0.2, 0.25) is 0 Å². The minimum absolute atomic E-state index is 0.226. The van der Waals surface area contributed by atoms with Gasteiger partial charge in [-0.3, -0.25) is 4.99 Å². The van der Waals surface area contributed by atoms with Gasteiger partial charge in [-0.05, 0) is 32.4 Å². The number of aryl methyl sites for hydroxylation is 1. The Kier molecular flexibility index (Phi) is 8.65. The second-order valence-corrected chi connectivity index (χ2v) is 8.44. The summed E-state index contributed by atoms with van der Waals surface area (Å²) in [5.74, 6) is 1.99. The molecule has 1 aromatic heterocycles. The van der Waals surface area contributed by atoms with Crippen molar-refractivity contribution in [1.82, 2.24) is 29.9 Å².